The van der Waals surface area contributed by atoms with Gasteiger partial charge in [0.15, 0.2) is 0 Å². The van der Waals surface area contributed by atoms with Crippen LogP contribution in [0.4, 0.5) is 5.69 Å². The zero-order valence-corrected chi connectivity index (χ0v) is 37.4. The van der Waals surface area contributed by atoms with Gasteiger partial charge in [-0.25, -0.2) is 10.4 Å². The molecule has 1 unspecified atom stereocenters. The number of nitrogens with zero attached hydrogens (tertiary/aromatic N) is 6. The standard InChI is InChI=1S/C46H60N8O6S/c1-26-27(2)39(26)43(55)49-35-21-38-48-36(24-61-38)29-18-31-33(22-46(4,5)25-60-45(57)34-10-8-12-54(50-34)44(35)56)41(53-11-9-17-59-37(19-29)42(31)53)32-20-30(23-47-40(32)28(3)58-7)52-15-13-51(6)14-16-52/h18-20,23-24,26-28,34-35,39,50H,8-17,21-22,25H2,1-7H3,(H,49,55)/t26-,27+,28-,34-,35-,39?/m0/s1. The Morgan fingerprint density at radius 3 is 2.59 bits per heavy atom. The number of aromatic nitrogens is 3. The lowest BCUT2D eigenvalue weighted by Crippen LogP contribution is -2.60. The molecule has 9 rings (SSSR count). The Balaban J connectivity index is 1.20. The van der Waals surface area contributed by atoms with Gasteiger partial charge in [-0.05, 0) is 75.3 Å². The summed E-state index contributed by atoms with van der Waals surface area (Å²) in [5, 5.41) is 8.42. The van der Waals surface area contributed by atoms with Crippen LogP contribution in [0.2, 0.25) is 0 Å². The summed E-state index contributed by atoms with van der Waals surface area (Å²) >= 11 is 1.48. The quantitative estimate of drug-likeness (QED) is 0.234. The third-order valence-corrected chi connectivity index (χ3v) is 14.6. The molecule has 0 radical (unpaired) electrons. The number of cyclic esters (lactones) is 1. The van der Waals surface area contributed by atoms with Crippen LogP contribution in [0.1, 0.15) is 76.3 Å². The summed E-state index contributed by atoms with van der Waals surface area (Å²) in [6.07, 6.45) is 4.50. The highest BCUT2D eigenvalue weighted by Crippen LogP contribution is 2.47. The van der Waals surface area contributed by atoms with Gasteiger partial charge in [-0.1, -0.05) is 27.7 Å². The molecule has 14 nitrogen and oxygen atoms in total. The van der Waals surface area contributed by atoms with Crippen molar-refractivity contribution in [2.45, 2.75) is 91.5 Å². The van der Waals surface area contributed by atoms with E-state index in [9.17, 15) is 14.4 Å². The smallest absolute Gasteiger partial charge is 0.324 e. The van der Waals surface area contributed by atoms with Gasteiger partial charge in [-0.15, -0.1) is 11.3 Å². The number of hydrogen-bond donors (Lipinski definition) is 2. The van der Waals surface area contributed by atoms with E-state index in [0.717, 1.165) is 100 Å². The van der Waals surface area contributed by atoms with E-state index in [4.69, 9.17) is 24.2 Å². The largest absolute Gasteiger partial charge is 0.491 e. The monoisotopic (exact) mass is 852 g/mol. The first-order chi connectivity index (χ1) is 29.3. The maximum absolute atomic E-state index is 14.3. The highest BCUT2D eigenvalue weighted by atomic mass is 32.1. The molecule has 3 aromatic heterocycles. The summed E-state index contributed by atoms with van der Waals surface area (Å²) in [7, 11) is 3.89. The van der Waals surface area contributed by atoms with Gasteiger partial charge in [0, 0.05) is 86.0 Å². The second-order valence-electron chi connectivity index (χ2n) is 18.7. The van der Waals surface area contributed by atoms with E-state index in [1.807, 2.05) is 18.5 Å². The van der Waals surface area contributed by atoms with Crippen molar-refractivity contribution in [3.8, 4) is 28.3 Å². The first-order valence-corrected chi connectivity index (χ1v) is 23.0. The third kappa shape index (κ3) is 8.14. The Labute approximate surface area is 362 Å². The number of aryl methyl sites for hydroxylation is 1. The zero-order valence-electron chi connectivity index (χ0n) is 36.6. The molecule has 1 aliphatic carbocycles. The Kier molecular flexibility index (Phi) is 11.4. The predicted molar refractivity (Wildman–Crippen MR) is 235 cm³/mol. The average Bonchev–Trinajstić information content (AvgIpc) is 3.52. The molecule has 5 aliphatic rings. The number of pyridine rings is 1. The Bertz CT molecular complexity index is 2320. The van der Waals surface area contributed by atoms with Crippen LogP contribution in [0.5, 0.6) is 5.75 Å². The third-order valence-electron chi connectivity index (χ3n) is 13.7. The number of likely N-dealkylation sites (N-methyl/N-ethyl adjacent to an activating group) is 1. The van der Waals surface area contributed by atoms with Crippen LogP contribution in [0.25, 0.3) is 33.4 Å². The molecule has 4 aromatic rings. The van der Waals surface area contributed by atoms with Crippen LogP contribution in [-0.2, 0) is 43.2 Å². The summed E-state index contributed by atoms with van der Waals surface area (Å²) in [6.45, 7) is 16.1. The Hall–Kier alpha value is -4.57. The average molecular weight is 853 g/mol. The van der Waals surface area contributed by atoms with Crippen molar-refractivity contribution < 1.29 is 28.6 Å². The second kappa shape index (κ2) is 16.6. The number of piperazine rings is 1. The van der Waals surface area contributed by atoms with E-state index in [1.54, 1.807) is 7.11 Å². The van der Waals surface area contributed by atoms with Crippen molar-refractivity contribution in [3.63, 3.8) is 0 Å². The fourth-order valence-corrected chi connectivity index (χ4v) is 10.6. The molecule has 0 spiro atoms. The number of esters is 1. The van der Waals surface area contributed by atoms with E-state index in [-0.39, 0.29) is 48.7 Å². The van der Waals surface area contributed by atoms with Gasteiger partial charge in [-0.3, -0.25) is 24.4 Å². The molecule has 2 amide bonds. The van der Waals surface area contributed by atoms with Gasteiger partial charge in [0.05, 0.1) is 58.8 Å². The molecule has 3 fully saturated rings. The number of ether oxygens (including phenoxy) is 3. The van der Waals surface area contributed by atoms with Crippen molar-refractivity contribution >= 4 is 45.7 Å². The van der Waals surface area contributed by atoms with Gasteiger partial charge < -0.3 is 33.9 Å². The number of thiazole rings is 1. The molecule has 1 saturated carbocycles. The number of methoxy groups -OCH3 is 1. The Morgan fingerprint density at radius 1 is 1.05 bits per heavy atom. The minimum absolute atomic E-state index is 0.120. The van der Waals surface area contributed by atoms with E-state index in [2.05, 4.69) is 78.1 Å². The fourth-order valence-electron chi connectivity index (χ4n) is 9.74. The van der Waals surface area contributed by atoms with Crippen molar-refractivity contribution in [1.29, 1.82) is 0 Å². The molecule has 1 aromatic carbocycles. The molecule has 4 aliphatic heterocycles. The molecular formula is C46H60N8O6S. The fraction of sp³-hybridized carbons (Fsp3) is 0.587. The number of carbonyl (C=O) groups excluding carboxylic acids is 3. The topological polar surface area (TPSA) is 143 Å². The zero-order chi connectivity index (χ0) is 42.7. The van der Waals surface area contributed by atoms with Crippen LogP contribution in [0, 0.1) is 23.2 Å². The molecule has 6 atom stereocenters. The van der Waals surface area contributed by atoms with Crippen LogP contribution >= 0.6 is 11.3 Å². The van der Waals surface area contributed by atoms with E-state index in [0.29, 0.717) is 32.4 Å². The number of hydrazine groups is 1. The molecule has 326 valence electrons. The summed E-state index contributed by atoms with van der Waals surface area (Å²) < 4.78 is 21.2. The van der Waals surface area contributed by atoms with Crippen molar-refractivity contribution in [2.24, 2.45) is 23.2 Å². The lowest BCUT2D eigenvalue weighted by atomic mass is 9.84. The molecule has 2 saturated heterocycles. The first kappa shape index (κ1) is 41.8. The summed E-state index contributed by atoms with van der Waals surface area (Å²) in [5.74, 6) is 0.366. The molecule has 7 heterocycles. The summed E-state index contributed by atoms with van der Waals surface area (Å²) in [6, 6.07) is 5.07. The van der Waals surface area contributed by atoms with E-state index >= 15 is 0 Å². The maximum atomic E-state index is 14.3. The van der Waals surface area contributed by atoms with Crippen molar-refractivity contribution in [2.75, 3.05) is 65.0 Å². The van der Waals surface area contributed by atoms with Crippen LogP contribution in [0.3, 0.4) is 0 Å². The SMILES string of the molecule is CO[C@@H](C)c1ncc(N2CCN(C)CC2)cc1-c1c2c3cc(cc4c3n1CCCO4)-c1csc(n1)C[C@H](NC(=O)C1[C@@H](C)[C@H]1C)C(=O)N1CCC[C@H](N1)C(=O)OCC(C)(C)C2. The van der Waals surface area contributed by atoms with Crippen LogP contribution in [0.15, 0.2) is 29.8 Å². The Morgan fingerprint density at radius 2 is 1.84 bits per heavy atom. The van der Waals surface area contributed by atoms with Gasteiger partial charge in [-0.2, -0.15) is 0 Å². The molecule has 6 bridgehead atoms. The number of anilines is 1. The van der Waals surface area contributed by atoms with Crippen LogP contribution in [-0.4, -0.2) is 114 Å². The predicted octanol–water partition coefficient (Wildman–Crippen LogP) is 5.62. The van der Waals surface area contributed by atoms with Crippen molar-refractivity contribution in [3.05, 3.63) is 46.0 Å². The number of benzene rings is 1. The highest BCUT2D eigenvalue weighted by Gasteiger charge is 2.49. The number of hydrogen-bond acceptors (Lipinski definition) is 12. The minimum Gasteiger partial charge on any atom is -0.491 e. The lowest BCUT2D eigenvalue weighted by Gasteiger charge is -2.35. The van der Waals surface area contributed by atoms with Gasteiger partial charge >= 0.3 is 5.97 Å². The first-order valence-electron chi connectivity index (χ1n) is 22.1. The van der Waals surface area contributed by atoms with Crippen molar-refractivity contribution in [1.82, 2.24) is 35.2 Å². The molecule has 15 heteroatoms. The summed E-state index contributed by atoms with van der Waals surface area (Å²) in [5.41, 5.74) is 10.6. The minimum atomic E-state index is -0.857. The van der Waals surface area contributed by atoms with E-state index < -0.39 is 23.5 Å². The number of amides is 2. The summed E-state index contributed by atoms with van der Waals surface area (Å²) in [4.78, 5) is 56.8. The lowest BCUT2D eigenvalue weighted by molar-refractivity contribution is -0.155. The van der Waals surface area contributed by atoms with Gasteiger partial charge in [0.2, 0.25) is 5.91 Å². The number of rotatable bonds is 6. The second-order valence-corrected chi connectivity index (χ2v) is 19.7. The normalized spacial score (nSPS) is 26.2. The number of nitrogens with one attached hydrogen (secondary N) is 2. The van der Waals surface area contributed by atoms with Gasteiger partial charge in [0.25, 0.3) is 5.91 Å². The van der Waals surface area contributed by atoms with Gasteiger partial charge in [0.1, 0.15) is 17.8 Å². The highest BCUT2D eigenvalue weighted by molar-refractivity contribution is 7.10. The maximum Gasteiger partial charge on any atom is 0.324 e. The number of fused-ring (bicyclic) bond motifs is 6. The number of carbonyl (C=O) groups is 3. The molecule has 61 heavy (non-hydrogen) atoms. The van der Waals surface area contributed by atoms with Crippen LogP contribution < -0.4 is 20.4 Å². The molecular weight excluding hydrogens is 793 g/mol. The molecule has 2 N–H and O–H groups in total. The van der Waals surface area contributed by atoms with E-state index in [1.165, 1.54) is 16.3 Å².